The lowest BCUT2D eigenvalue weighted by molar-refractivity contribution is 0.218. The molecule has 154 valence electrons. The number of aromatic nitrogens is 2. The van der Waals surface area contributed by atoms with Gasteiger partial charge in [0.1, 0.15) is 6.04 Å². The predicted molar refractivity (Wildman–Crippen MR) is 126 cm³/mol. The fourth-order valence-electron chi connectivity index (χ4n) is 4.03. The molecular formula is C26H22BrN3O. The highest BCUT2D eigenvalue weighted by Gasteiger charge is 2.29. The van der Waals surface area contributed by atoms with Crippen LogP contribution in [0.4, 0.5) is 0 Å². The van der Waals surface area contributed by atoms with Gasteiger partial charge >= 0.3 is 0 Å². The van der Waals surface area contributed by atoms with Crippen molar-refractivity contribution in [1.29, 1.82) is 0 Å². The Balaban J connectivity index is 1.47. The summed E-state index contributed by atoms with van der Waals surface area (Å²) in [5.41, 5.74) is 4.76. The van der Waals surface area contributed by atoms with E-state index >= 15 is 0 Å². The van der Waals surface area contributed by atoms with Crippen LogP contribution in [0.3, 0.4) is 0 Å². The molecular weight excluding hydrogens is 450 g/mol. The first-order valence-electron chi connectivity index (χ1n) is 10.4. The highest BCUT2D eigenvalue weighted by atomic mass is 79.9. The minimum atomic E-state index is -0.0911. The molecule has 0 aliphatic carbocycles. The average Bonchev–Trinajstić information content (AvgIpc) is 3.32. The second kappa shape index (κ2) is 9.00. The molecule has 31 heavy (non-hydrogen) atoms. The van der Waals surface area contributed by atoms with Gasteiger partial charge in [0, 0.05) is 23.1 Å². The Morgan fingerprint density at radius 3 is 2.13 bits per heavy atom. The second-order valence-electron chi connectivity index (χ2n) is 7.61. The molecule has 2 heterocycles. The lowest BCUT2D eigenvalue weighted by Gasteiger charge is -2.32. The summed E-state index contributed by atoms with van der Waals surface area (Å²) >= 11 is 3.54. The van der Waals surface area contributed by atoms with Crippen molar-refractivity contribution >= 4 is 21.5 Å². The first-order chi connectivity index (χ1) is 15.3. The zero-order valence-electron chi connectivity index (χ0n) is 17.0. The summed E-state index contributed by atoms with van der Waals surface area (Å²) in [6, 6.07) is 28.8. The van der Waals surface area contributed by atoms with E-state index in [0.29, 0.717) is 11.8 Å². The van der Waals surface area contributed by atoms with Gasteiger partial charge in [0.2, 0.25) is 11.8 Å². The van der Waals surface area contributed by atoms with Gasteiger partial charge in [-0.1, -0.05) is 82.7 Å². The molecule has 0 amide bonds. The van der Waals surface area contributed by atoms with Crippen molar-refractivity contribution in [2.75, 3.05) is 13.1 Å². The molecule has 1 aliphatic heterocycles. The zero-order chi connectivity index (χ0) is 21.0. The molecule has 0 saturated heterocycles. The van der Waals surface area contributed by atoms with E-state index in [-0.39, 0.29) is 6.04 Å². The molecule has 4 aromatic rings. The Kier molecular flexibility index (Phi) is 5.78. The summed E-state index contributed by atoms with van der Waals surface area (Å²) in [6.45, 7) is 1.75. The van der Waals surface area contributed by atoms with Crippen molar-refractivity contribution in [3.63, 3.8) is 0 Å². The number of rotatable bonds is 5. The number of nitrogens with zero attached hydrogens (tertiary/aromatic N) is 3. The normalized spacial score (nSPS) is 15.5. The topological polar surface area (TPSA) is 42.2 Å². The van der Waals surface area contributed by atoms with Crippen LogP contribution in [0.25, 0.3) is 17.0 Å². The van der Waals surface area contributed by atoms with Crippen molar-refractivity contribution in [3.8, 4) is 11.5 Å². The Hall–Kier alpha value is -3.02. The van der Waals surface area contributed by atoms with Crippen molar-refractivity contribution in [1.82, 2.24) is 15.1 Å². The van der Waals surface area contributed by atoms with E-state index in [1.807, 2.05) is 30.3 Å². The molecule has 5 rings (SSSR count). The Labute approximate surface area is 190 Å². The van der Waals surface area contributed by atoms with Gasteiger partial charge in [0.15, 0.2) is 0 Å². The summed E-state index contributed by atoms with van der Waals surface area (Å²) < 4.78 is 7.24. The first kappa shape index (κ1) is 19.9. The van der Waals surface area contributed by atoms with E-state index in [1.165, 1.54) is 11.1 Å². The van der Waals surface area contributed by atoms with Crippen LogP contribution in [-0.4, -0.2) is 28.2 Å². The second-order valence-corrected chi connectivity index (χ2v) is 8.52. The minimum Gasteiger partial charge on any atom is -0.419 e. The van der Waals surface area contributed by atoms with Crippen LogP contribution in [0.2, 0.25) is 0 Å². The van der Waals surface area contributed by atoms with Crippen LogP contribution < -0.4 is 0 Å². The summed E-state index contributed by atoms with van der Waals surface area (Å²) in [4.78, 5) is 2.40. The summed E-state index contributed by atoms with van der Waals surface area (Å²) in [5.74, 6) is 1.17. The zero-order valence-corrected chi connectivity index (χ0v) is 18.6. The van der Waals surface area contributed by atoms with E-state index in [0.717, 1.165) is 35.1 Å². The number of benzene rings is 3. The molecule has 5 heteroatoms. The van der Waals surface area contributed by atoms with Crippen LogP contribution in [0.15, 0.2) is 99.9 Å². The van der Waals surface area contributed by atoms with E-state index < -0.39 is 0 Å². The highest BCUT2D eigenvalue weighted by Crippen LogP contribution is 2.34. The van der Waals surface area contributed by atoms with Gasteiger partial charge in [0.25, 0.3) is 0 Å². The average molecular weight is 472 g/mol. The summed E-state index contributed by atoms with van der Waals surface area (Å²) in [6.07, 6.45) is 3.30. The van der Waals surface area contributed by atoms with Crippen LogP contribution in [0.1, 0.15) is 29.5 Å². The Morgan fingerprint density at radius 2 is 1.48 bits per heavy atom. The lowest BCUT2D eigenvalue weighted by atomic mass is 9.97. The van der Waals surface area contributed by atoms with Gasteiger partial charge in [-0.3, -0.25) is 4.90 Å². The largest absolute Gasteiger partial charge is 0.419 e. The fourth-order valence-corrected chi connectivity index (χ4v) is 4.30. The lowest BCUT2D eigenvalue weighted by Crippen LogP contribution is -2.33. The maximum atomic E-state index is 6.18. The molecule has 1 aliphatic rings. The predicted octanol–water partition coefficient (Wildman–Crippen LogP) is 6.38. The SMILES string of the molecule is Brc1ccc(C(c2nnc(-c3ccccc3)o2)N2CC=C(c3ccccc3)CC2)cc1. The van der Waals surface area contributed by atoms with E-state index in [4.69, 9.17) is 4.42 Å². The number of hydrogen-bond acceptors (Lipinski definition) is 4. The molecule has 0 N–H and O–H groups in total. The molecule has 0 spiro atoms. The maximum Gasteiger partial charge on any atom is 0.247 e. The molecule has 1 aromatic heterocycles. The third kappa shape index (κ3) is 4.38. The summed E-state index contributed by atoms with van der Waals surface area (Å²) in [7, 11) is 0. The molecule has 1 atom stereocenters. The Bertz CT molecular complexity index is 1170. The van der Waals surface area contributed by atoms with Crippen LogP contribution in [0.5, 0.6) is 0 Å². The highest BCUT2D eigenvalue weighted by molar-refractivity contribution is 9.10. The minimum absolute atomic E-state index is 0.0911. The summed E-state index contributed by atoms with van der Waals surface area (Å²) in [5, 5.41) is 8.79. The van der Waals surface area contributed by atoms with Gasteiger partial charge in [-0.05, 0) is 47.4 Å². The molecule has 0 saturated carbocycles. The smallest absolute Gasteiger partial charge is 0.247 e. The third-order valence-corrected chi connectivity index (χ3v) is 6.16. The number of hydrogen-bond donors (Lipinski definition) is 0. The van der Waals surface area contributed by atoms with E-state index in [1.54, 1.807) is 0 Å². The maximum absolute atomic E-state index is 6.18. The van der Waals surface area contributed by atoms with Crippen LogP contribution >= 0.6 is 15.9 Å². The number of halogens is 1. The van der Waals surface area contributed by atoms with Crippen molar-refractivity contribution in [3.05, 3.63) is 112 Å². The van der Waals surface area contributed by atoms with Crippen molar-refractivity contribution in [2.24, 2.45) is 0 Å². The van der Waals surface area contributed by atoms with Gasteiger partial charge < -0.3 is 4.42 Å². The van der Waals surface area contributed by atoms with Crippen molar-refractivity contribution < 1.29 is 4.42 Å². The van der Waals surface area contributed by atoms with Crippen LogP contribution in [-0.2, 0) is 0 Å². The standard InChI is InChI=1S/C26H22BrN3O/c27-23-13-11-21(12-14-23)24(26-29-28-25(31-26)22-9-5-2-6-10-22)30-17-15-20(16-18-30)19-7-3-1-4-8-19/h1-15,24H,16-18H2. The monoisotopic (exact) mass is 471 g/mol. The molecule has 0 fully saturated rings. The van der Waals surface area contributed by atoms with Crippen LogP contribution in [0, 0.1) is 0 Å². The molecule has 0 bridgehead atoms. The Morgan fingerprint density at radius 1 is 0.806 bits per heavy atom. The molecule has 0 radical (unpaired) electrons. The molecule has 1 unspecified atom stereocenters. The fraction of sp³-hybridized carbons (Fsp3) is 0.154. The van der Waals surface area contributed by atoms with Crippen molar-refractivity contribution in [2.45, 2.75) is 12.5 Å². The quantitative estimate of drug-likeness (QED) is 0.338. The first-order valence-corrected chi connectivity index (χ1v) is 11.2. The van der Waals surface area contributed by atoms with Gasteiger partial charge in [-0.25, -0.2) is 0 Å². The van der Waals surface area contributed by atoms with Gasteiger partial charge in [0.05, 0.1) is 0 Å². The van der Waals surface area contributed by atoms with Gasteiger partial charge in [-0.2, -0.15) is 0 Å². The molecule has 4 nitrogen and oxygen atoms in total. The van der Waals surface area contributed by atoms with E-state index in [9.17, 15) is 0 Å². The molecule has 3 aromatic carbocycles. The van der Waals surface area contributed by atoms with Gasteiger partial charge in [-0.15, -0.1) is 10.2 Å². The van der Waals surface area contributed by atoms with E-state index in [2.05, 4.69) is 91.7 Å². The third-order valence-electron chi connectivity index (χ3n) is 5.63.